The number of nitrogens with one attached hydrogen (secondary N) is 1. The summed E-state index contributed by atoms with van der Waals surface area (Å²) in [6.07, 6.45) is 1.87. The fourth-order valence-electron chi connectivity index (χ4n) is 3.08. The summed E-state index contributed by atoms with van der Waals surface area (Å²) in [6.45, 7) is -0.376. The first-order valence-corrected chi connectivity index (χ1v) is 9.77. The SMILES string of the molecule is Cn1ccc(C(=O)c2cncnc2N[C@@H]2C[C@H](COS(N)(=O)=O)[C@@H](O)[C@H]2O)n1. The van der Waals surface area contributed by atoms with Gasteiger partial charge in [-0.3, -0.25) is 13.7 Å². The molecule has 13 heteroatoms. The molecular formula is C15H20N6O6S. The predicted molar refractivity (Wildman–Crippen MR) is 95.3 cm³/mol. The van der Waals surface area contributed by atoms with Crippen molar-refractivity contribution in [2.24, 2.45) is 18.1 Å². The fourth-order valence-corrected chi connectivity index (χ4v) is 3.44. The van der Waals surface area contributed by atoms with Gasteiger partial charge in [0.2, 0.25) is 5.78 Å². The van der Waals surface area contributed by atoms with Gasteiger partial charge in [0.1, 0.15) is 23.9 Å². The van der Waals surface area contributed by atoms with Gasteiger partial charge in [0.15, 0.2) is 0 Å². The van der Waals surface area contributed by atoms with Crippen LogP contribution in [-0.4, -0.2) is 69.0 Å². The zero-order chi connectivity index (χ0) is 20.5. The van der Waals surface area contributed by atoms with Crippen molar-refractivity contribution in [3.05, 3.63) is 36.0 Å². The zero-order valence-electron chi connectivity index (χ0n) is 14.8. The average Bonchev–Trinajstić information content (AvgIpc) is 3.18. The minimum Gasteiger partial charge on any atom is -0.390 e. The van der Waals surface area contributed by atoms with E-state index in [2.05, 4.69) is 24.6 Å². The van der Waals surface area contributed by atoms with E-state index in [9.17, 15) is 23.4 Å². The number of rotatable bonds is 7. The lowest BCUT2D eigenvalue weighted by Crippen LogP contribution is -2.36. The number of nitrogens with two attached hydrogens (primary N) is 1. The number of nitrogens with zero attached hydrogens (tertiary/aromatic N) is 4. The first-order chi connectivity index (χ1) is 13.2. The molecule has 0 radical (unpaired) electrons. The van der Waals surface area contributed by atoms with Crippen molar-refractivity contribution in [3.8, 4) is 0 Å². The second-order valence-corrected chi connectivity index (χ2v) is 7.72. The lowest BCUT2D eigenvalue weighted by Gasteiger charge is -2.19. The highest BCUT2D eigenvalue weighted by atomic mass is 32.2. The van der Waals surface area contributed by atoms with Gasteiger partial charge in [0, 0.05) is 25.4 Å². The number of carbonyl (C=O) groups excluding carboxylic acids is 1. The molecule has 1 aliphatic carbocycles. The molecule has 1 fully saturated rings. The maximum atomic E-state index is 12.7. The number of anilines is 1. The number of carbonyl (C=O) groups is 1. The minimum absolute atomic E-state index is 0.145. The number of hydrogen-bond donors (Lipinski definition) is 4. The molecular weight excluding hydrogens is 392 g/mol. The number of aliphatic hydroxyl groups excluding tert-OH is 2. The van der Waals surface area contributed by atoms with Crippen molar-refractivity contribution < 1.29 is 27.6 Å². The van der Waals surface area contributed by atoms with E-state index in [1.807, 2.05) is 0 Å². The first kappa shape index (κ1) is 20.3. The Kier molecular flexibility index (Phi) is 5.71. The first-order valence-electron chi connectivity index (χ1n) is 8.30. The summed E-state index contributed by atoms with van der Waals surface area (Å²) in [7, 11) is -2.48. The van der Waals surface area contributed by atoms with E-state index in [1.165, 1.54) is 17.2 Å². The number of ketones is 1. The normalized spacial score (nSPS) is 25.0. The standard InChI is InChI=1S/C15H20N6O6S/c1-21-3-2-10(20-21)13(23)9-5-17-7-18-15(9)19-11-4-8(12(22)14(11)24)6-27-28(16,25)26/h2-3,5,7-8,11-12,14,22,24H,4,6H2,1H3,(H2,16,25,26)(H,17,18,19)/t8-,11-,12-,14+/m1/s1. The molecule has 0 spiro atoms. The van der Waals surface area contributed by atoms with Crippen LogP contribution in [0.1, 0.15) is 22.5 Å². The van der Waals surface area contributed by atoms with Crippen LogP contribution in [0.4, 0.5) is 5.82 Å². The molecule has 2 heterocycles. The highest BCUT2D eigenvalue weighted by Gasteiger charge is 2.42. The van der Waals surface area contributed by atoms with Gasteiger partial charge < -0.3 is 15.5 Å². The number of aromatic nitrogens is 4. The minimum atomic E-state index is -4.16. The maximum absolute atomic E-state index is 12.7. The predicted octanol–water partition coefficient (Wildman–Crippen LogP) is -1.82. The van der Waals surface area contributed by atoms with Gasteiger partial charge in [-0.1, -0.05) is 0 Å². The van der Waals surface area contributed by atoms with E-state index in [0.29, 0.717) is 0 Å². The van der Waals surface area contributed by atoms with Crippen LogP contribution in [0.5, 0.6) is 0 Å². The third kappa shape index (κ3) is 4.51. The van der Waals surface area contributed by atoms with Crippen LogP contribution in [0.2, 0.25) is 0 Å². The quantitative estimate of drug-likeness (QED) is 0.378. The molecule has 152 valence electrons. The van der Waals surface area contributed by atoms with Crippen molar-refractivity contribution >= 4 is 21.9 Å². The van der Waals surface area contributed by atoms with Gasteiger partial charge in [0.05, 0.1) is 24.3 Å². The van der Waals surface area contributed by atoms with Gasteiger partial charge in [-0.2, -0.15) is 13.5 Å². The van der Waals surface area contributed by atoms with Crippen LogP contribution in [0.15, 0.2) is 24.8 Å². The third-order valence-corrected chi connectivity index (χ3v) is 4.94. The van der Waals surface area contributed by atoms with Crippen LogP contribution < -0.4 is 10.5 Å². The zero-order valence-corrected chi connectivity index (χ0v) is 15.7. The summed E-state index contributed by atoms with van der Waals surface area (Å²) in [5.41, 5.74) is 0.346. The van der Waals surface area contributed by atoms with E-state index in [0.717, 1.165) is 0 Å². The van der Waals surface area contributed by atoms with Crippen molar-refractivity contribution in [1.29, 1.82) is 0 Å². The van der Waals surface area contributed by atoms with Crippen LogP contribution in [0.3, 0.4) is 0 Å². The molecule has 28 heavy (non-hydrogen) atoms. The topological polar surface area (TPSA) is 183 Å². The Morgan fingerprint density at radius 3 is 2.82 bits per heavy atom. The molecule has 0 unspecified atom stereocenters. The third-order valence-electron chi connectivity index (χ3n) is 4.47. The summed E-state index contributed by atoms with van der Waals surface area (Å²) in [6, 6.07) is 0.850. The second kappa shape index (κ2) is 7.89. The molecule has 3 rings (SSSR count). The highest BCUT2D eigenvalue weighted by Crippen LogP contribution is 2.30. The number of aryl methyl sites for hydroxylation is 1. The van der Waals surface area contributed by atoms with Gasteiger partial charge in [-0.15, -0.1) is 0 Å². The molecule has 0 aliphatic heterocycles. The van der Waals surface area contributed by atoms with Crippen LogP contribution in [0.25, 0.3) is 0 Å². The molecule has 0 aromatic carbocycles. The van der Waals surface area contributed by atoms with E-state index in [1.54, 1.807) is 19.3 Å². The van der Waals surface area contributed by atoms with Crippen molar-refractivity contribution in [1.82, 2.24) is 19.7 Å². The number of aliphatic hydroxyl groups is 2. The molecule has 2 aromatic heterocycles. The van der Waals surface area contributed by atoms with Crippen molar-refractivity contribution in [2.45, 2.75) is 24.7 Å². The summed E-state index contributed by atoms with van der Waals surface area (Å²) >= 11 is 0. The Morgan fingerprint density at radius 2 is 2.18 bits per heavy atom. The summed E-state index contributed by atoms with van der Waals surface area (Å²) in [4.78, 5) is 20.6. The Hall–Kier alpha value is -2.45. The van der Waals surface area contributed by atoms with E-state index < -0.39 is 40.3 Å². The maximum Gasteiger partial charge on any atom is 0.333 e. The van der Waals surface area contributed by atoms with Gasteiger partial charge in [-0.05, 0) is 12.5 Å². The Balaban J connectivity index is 1.76. The monoisotopic (exact) mass is 412 g/mol. The average molecular weight is 412 g/mol. The Labute approximate surface area is 160 Å². The molecule has 5 N–H and O–H groups in total. The van der Waals surface area contributed by atoms with Crippen LogP contribution >= 0.6 is 0 Å². The fraction of sp³-hybridized carbons (Fsp3) is 0.467. The molecule has 1 aliphatic rings. The van der Waals surface area contributed by atoms with Gasteiger partial charge in [-0.25, -0.2) is 15.1 Å². The van der Waals surface area contributed by atoms with E-state index in [4.69, 9.17) is 5.14 Å². The highest BCUT2D eigenvalue weighted by molar-refractivity contribution is 7.84. The summed E-state index contributed by atoms with van der Waals surface area (Å²) in [5.74, 6) is -0.927. The second-order valence-electron chi connectivity index (χ2n) is 6.49. The Morgan fingerprint density at radius 1 is 1.43 bits per heavy atom. The molecule has 0 amide bonds. The Bertz CT molecular complexity index is 963. The lowest BCUT2D eigenvalue weighted by molar-refractivity contribution is 0.00778. The summed E-state index contributed by atoms with van der Waals surface area (Å²) < 4.78 is 27.9. The lowest BCUT2D eigenvalue weighted by atomic mass is 10.1. The van der Waals surface area contributed by atoms with Gasteiger partial charge in [0.25, 0.3) is 0 Å². The van der Waals surface area contributed by atoms with Crippen LogP contribution in [0, 0.1) is 5.92 Å². The molecule has 0 bridgehead atoms. The molecule has 4 atom stereocenters. The van der Waals surface area contributed by atoms with Crippen LogP contribution in [-0.2, 0) is 21.5 Å². The molecule has 2 aromatic rings. The largest absolute Gasteiger partial charge is 0.390 e. The van der Waals surface area contributed by atoms with E-state index >= 15 is 0 Å². The van der Waals surface area contributed by atoms with Crippen molar-refractivity contribution in [2.75, 3.05) is 11.9 Å². The van der Waals surface area contributed by atoms with E-state index in [-0.39, 0.29) is 30.1 Å². The van der Waals surface area contributed by atoms with Gasteiger partial charge >= 0.3 is 10.3 Å². The van der Waals surface area contributed by atoms with Crippen molar-refractivity contribution in [3.63, 3.8) is 0 Å². The smallest absolute Gasteiger partial charge is 0.333 e. The number of hydrogen-bond acceptors (Lipinski definition) is 10. The molecule has 1 saturated carbocycles. The summed E-state index contributed by atoms with van der Waals surface area (Å²) in [5, 5.41) is 32.2. The molecule has 0 saturated heterocycles. The molecule has 12 nitrogen and oxygen atoms in total.